The molecular weight excluding hydrogens is 437 g/mol. The minimum Gasteiger partial charge on any atom is -0.497 e. The number of methoxy groups -OCH3 is 1. The molecule has 3 heterocycles. The number of anilines is 1. The molecule has 0 bridgehead atoms. The second-order valence-corrected chi connectivity index (χ2v) is 7.44. The van der Waals surface area contributed by atoms with Gasteiger partial charge in [0.05, 0.1) is 34.9 Å². The largest absolute Gasteiger partial charge is 0.497 e. The predicted molar refractivity (Wildman–Crippen MR) is 113 cm³/mol. The number of hydrogen-bond acceptors (Lipinski definition) is 5. The Morgan fingerprint density at radius 3 is 2.39 bits per heavy atom. The molecule has 0 aliphatic carbocycles. The van der Waals surface area contributed by atoms with Gasteiger partial charge in [-0.25, -0.2) is 14.6 Å². The third-order valence-electron chi connectivity index (χ3n) is 5.50. The number of carbonyl (C=O) groups excluding carboxylic acids is 2. The third-order valence-corrected chi connectivity index (χ3v) is 5.50. The monoisotopic (exact) mass is 452 g/mol. The summed E-state index contributed by atoms with van der Waals surface area (Å²) in [5.74, 6) is -0.845. The van der Waals surface area contributed by atoms with Crippen molar-refractivity contribution < 1.29 is 27.5 Å². The summed E-state index contributed by atoms with van der Waals surface area (Å²) in [7, 11) is 3.19. The van der Waals surface area contributed by atoms with Gasteiger partial charge in [0.2, 0.25) is 0 Å². The first kappa shape index (κ1) is 20.7. The first-order valence-corrected chi connectivity index (χ1v) is 9.77. The quantitative estimate of drug-likeness (QED) is 0.429. The van der Waals surface area contributed by atoms with Crippen molar-refractivity contribution in [3.63, 3.8) is 0 Å². The van der Waals surface area contributed by atoms with Crippen molar-refractivity contribution in [1.29, 1.82) is 0 Å². The van der Waals surface area contributed by atoms with Gasteiger partial charge in [0.15, 0.2) is 5.65 Å². The van der Waals surface area contributed by atoms with Crippen LogP contribution in [0.3, 0.4) is 0 Å². The molecule has 7 nitrogen and oxygen atoms in total. The molecule has 2 amide bonds. The number of aromatic nitrogens is 3. The summed E-state index contributed by atoms with van der Waals surface area (Å²) in [6.07, 6.45) is -3.36. The molecule has 166 valence electrons. The summed E-state index contributed by atoms with van der Waals surface area (Å²) >= 11 is 0. The first-order chi connectivity index (χ1) is 15.7. The molecule has 0 saturated carbocycles. The zero-order valence-electron chi connectivity index (χ0n) is 17.3. The fourth-order valence-corrected chi connectivity index (χ4v) is 3.93. The van der Waals surface area contributed by atoms with Crippen LogP contribution in [0.25, 0.3) is 22.3 Å². The molecule has 1 aliphatic heterocycles. The number of hydrogen-bond donors (Lipinski definition) is 0. The van der Waals surface area contributed by atoms with Gasteiger partial charge in [-0.05, 0) is 42.5 Å². The number of amides is 2. The van der Waals surface area contributed by atoms with Crippen LogP contribution in [0.15, 0.2) is 54.7 Å². The molecule has 10 heteroatoms. The van der Waals surface area contributed by atoms with E-state index >= 15 is 0 Å². The summed E-state index contributed by atoms with van der Waals surface area (Å²) in [6, 6.07) is 11.1. The van der Waals surface area contributed by atoms with Crippen molar-refractivity contribution in [3.8, 4) is 17.0 Å². The van der Waals surface area contributed by atoms with Gasteiger partial charge in [0.1, 0.15) is 11.4 Å². The van der Waals surface area contributed by atoms with Gasteiger partial charge in [-0.3, -0.25) is 9.59 Å². The van der Waals surface area contributed by atoms with E-state index in [2.05, 4.69) is 10.1 Å². The number of ether oxygens (including phenoxy) is 1. The summed E-state index contributed by atoms with van der Waals surface area (Å²) in [5.41, 5.74) is 0.390. The molecule has 0 N–H and O–H groups in total. The minimum atomic E-state index is -4.62. The molecule has 0 radical (unpaired) electrons. The number of halogens is 3. The van der Waals surface area contributed by atoms with E-state index in [1.807, 2.05) is 0 Å². The van der Waals surface area contributed by atoms with Crippen LogP contribution >= 0.6 is 0 Å². The van der Waals surface area contributed by atoms with Crippen molar-refractivity contribution in [2.24, 2.45) is 7.05 Å². The average molecular weight is 452 g/mol. The normalized spacial score (nSPS) is 13.7. The highest BCUT2D eigenvalue weighted by Crippen LogP contribution is 2.38. The fourth-order valence-electron chi connectivity index (χ4n) is 3.93. The average Bonchev–Trinajstić information content (AvgIpc) is 3.27. The molecule has 0 atom stereocenters. The van der Waals surface area contributed by atoms with Crippen LogP contribution in [-0.4, -0.2) is 33.7 Å². The molecule has 0 unspecified atom stereocenters. The SMILES string of the molecule is COc1ccc(-c2nn(C)c3ncc4c(c23)C(=O)N(c2cccc(C(F)(F)F)c2)C4=O)cc1. The molecule has 0 saturated heterocycles. The predicted octanol–water partition coefficient (Wildman–Crippen LogP) is 4.46. The number of alkyl halides is 3. The molecule has 0 spiro atoms. The van der Waals surface area contributed by atoms with E-state index in [0.717, 1.165) is 23.1 Å². The highest BCUT2D eigenvalue weighted by Gasteiger charge is 2.41. The van der Waals surface area contributed by atoms with Gasteiger partial charge >= 0.3 is 6.18 Å². The smallest absolute Gasteiger partial charge is 0.416 e. The molecule has 33 heavy (non-hydrogen) atoms. The highest BCUT2D eigenvalue weighted by atomic mass is 19.4. The lowest BCUT2D eigenvalue weighted by Gasteiger charge is -2.16. The summed E-state index contributed by atoms with van der Waals surface area (Å²) in [6.45, 7) is 0. The van der Waals surface area contributed by atoms with Crippen molar-refractivity contribution in [2.45, 2.75) is 6.18 Å². The number of pyridine rings is 1. The maximum absolute atomic E-state index is 13.4. The first-order valence-electron chi connectivity index (χ1n) is 9.77. The molecule has 4 aromatic rings. The Morgan fingerprint density at radius 2 is 1.73 bits per heavy atom. The van der Waals surface area contributed by atoms with Gasteiger partial charge in [-0.2, -0.15) is 18.3 Å². The number of carbonyl (C=O) groups is 2. The van der Waals surface area contributed by atoms with Crippen LogP contribution < -0.4 is 9.64 Å². The van der Waals surface area contributed by atoms with Crippen molar-refractivity contribution in [2.75, 3.05) is 12.0 Å². The van der Waals surface area contributed by atoms with E-state index in [1.165, 1.54) is 24.1 Å². The second kappa shape index (κ2) is 7.16. The Morgan fingerprint density at radius 1 is 1.00 bits per heavy atom. The molecule has 1 aliphatic rings. The maximum Gasteiger partial charge on any atom is 0.416 e. The number of rotatable bonds is 3. The van der Waals surface area contributed by atoms with Crippen LogP contribution in [-0.2, 0) is 13.2 Å². The van der Waals surface area contributed by atoms with Gasteiger partial charge in [-0.1, -0.05) is 6.07 Å². The van der Waals surface area contributed by atoms with E-state index in [4.69, 9.17) is 4.74 Å². The summed E-state index contributed by atoms with van der Waals surface area (Å²) in [5, 5.41) is 4.83. The van der Waals surface area contributed by atoms with Crippen LogP contribution in [0.2, 0.25) is 0 Å². The topological polar surface area (TPSA) is 77.3 Å². The number of nitrogens with zero attached hydrogens (tertiary/aromatic N) is 4. The molecule has 2 aromatic carbocycles. The van der Waals surface area contributed by atoms with Gasteiger partial charge in [0, 0.05) is 18.8 Å². The number of benzene rings is 2. The van der Waals surface area contributed by atoms with Gasteiger partial charge < -0.3 is 4.74 Å². The highest BCUT2D eigenvalue weighted by molar-refractivity contribution is 6.38. The third kappa shape index (κ3) is 3.13. The van der Waals surface area contributed by atoms with Crippen LogP contribution in [0.5, 0.6) is 5.75 Å². The number of imide groups is 1. The van der Waals surface area contributed by atoms with E-state index in [9.17, 15) is 22.8 Å². The lowest BCUT2D eigenvalue weighted by Crippen LogP contribution is -2.29. The second-order valence-electron chi connectivity index (χ2n) is 7.44. The minimum absolute atomic E-state index is 0.00711. The molecule has 0 fully saturated rings. The van der Waals surface area contributed by atoms with Crippen LogP contribution in [0.4, 0.5) is 18.9 Å². The van der Waals surface area contributed by atoms with E-state index in [0.29, 0.717) is 28.0 Å². The van der Waals surface area contributed by atoms with Gasteiger partial charge in [-0.15, -0.1) is 0 Å². The number of fused-ring (bicyclic) bond motifs is 3. The zero-order valence-corrected chi connectivity index (χ0v) is 17.3. The Kier molecular flexibility index (Phi) is 4.48. The lowest BCUT2D eigenvalue weighted by atomic mass is 10.0. The summed E-state index contributed by atoms with van der Waals surface area (Å²) < 4.78 is 46.3. The lowest BCUT2D eigenvalue weighted by molar-refractivity contribution is -0.137. The van der Waals surface area contributed by atoms with E-state index in [-0.39, 0.29) is 16.8 Å². The maximum atomic E-state index is 13.4. The van der Waals surface area contributed by atoms with E-state index < -0.39 is 23.6 Å². The summed E-state index contributed by atoms with van der Waals surface area (Å²) in [4.78, 5) is 31.5. The van der Waals surface area contributed by atoms with Crippen LogP contribution in [0.1, 0.15) is 26.3 Å². The Hall–Kier alpha value is -4.21. The number of aryl methyl sites for hydroxylation is 1. The molecule has 5 rings (SSSR count). The molecule has 2 aromatic heterocycles. The van der Waals surface area contributed by atoms with Gasteiger partial charge in [0.25, 0.3) is 11.8 Å². The van der Waals surface area contributed by atoms with Crippen molar-refractivity contribution in [3.05, 3.63) is 71.4 Å². The standard InChI is InChI=1S/C23H15F3N4O3/c1-29-20-18(19(28-29)12-6-8-15(33-2)9-7-12)17-16(11-27-20)21(31)30(22(17)32)14-5-3-4-13(10-14)23(24,25)26/h3-11H,1-2H3. The Balaban J connectivity index is 1.69. The Labute approximate surface area is 185 Å². The van der Waals surface area contributed by atoms with Crippen LogP contribution in [0, 0.1) is 0 Å². The Bertz CT molecular complexity index is 1440. The van der Waals surface area contributed by atoms with Crippen molar-refractivity contribution in [1.82, 2.24) is 14.8 Å². The van der Waals surface area contributed by atoms with Crippen molar-refractivity contribution >= 4 is 28.5 Å². The zero-order chi connectivity index (χ0) is 23.5. The molecular formula is C23H15F3N4O3. The fraction of sp³-hybridized carbons (Fsp3) is 0.130. The van der Waals surface area contributed by atoms with E-state index in [1.54, 1.807) is 31.3 Å².